The zero-order chi connectivity index (χ0) is 13.8. The molecule has 6 heteroatoms. The van der Waals surface area contributed by atoms with Crippen LogP contribution in [0.4, 0.5) is 13.2 Å². The fraction of sp³-hybridized carbons (Fsp3) is 0.250. The number of carbonyl (C=O) groups is 1. The van der Waals surface area contributed by atoms with E-state index in [0.717, 1.165) is 6.08 Å². The Labute approximate surface area is 102 Å². The van der Waals surface area contributed by atoms with Crippen LogP contribution in [0.3, 0.4) is 0 Å². The second-order valence-corrected chi connectivity index (χ2v) is 3.55. The Balaban J connectivity index is 2.70. The van der Waals surface area contributed by atoms with Gasteiger partial charge in [0.05, 0.1) is 6.04 Å². The first-order valence-electron chi connectivity index (χ1n) is 5.10. The number of hydrogen-bond donors (Lipinski definition) is 1. The Morgan fingerprint density at radius 2 is 1.94 bits per heavy atom. The molecule has 3 nitrogen and oxygen atoms in total. The lowest BCUT2D eigenvalue weighted by Gasteiger charge is -2.14. The van der Waals surface area contributed by atoms with Gasteiger partial charge in [-0.3, -0.25) is 4.79 Å². The molecule has 1 N–H and O–H groups in total. The van der Waals surface area contributed by atoms with E-state index in [1.54, 1.807) is 6.92 Å². The molecule has 1 atom stereocenters. The van der Waals surface area contributed by atoms with E-state index in [1.807, 2.05) is 0 Å². The van der Waals surface area contributed by atoms with E-state index in [0.29, 0.717) is 5.56 Å². The number of benzene rings is 1. The molecule has 1 amide bonds. The van der Waals surface area contributed by atoms with Crippen LogP contribution in [0, 0.1) is 0 Å². The highest BCUT2D eigenvalue weighted by Crippen LogP contribution is 2.24. The number of amides is 1. The van der Waals surface area contributed by atoms with Gasteiger partial charge in [0.25, 0.3) is 0 Å². The Morgan fingerprint density at radius 3 is 2.39 bits per heavy atom. The molecule has 0 saturated heterocycles. The van der Waals surface area contributed by atoms with Gasteiger partial charge < -0.3 is 10.1 Å². The lowest BCUT2D eigenvalue weighted by molar-refractivity contribution is -0.274. The van der Waals surface area contributed by atoms with Gasteiger partial charge in [-0.15, -0.1) is 13.2 Å². The number of halogens is 3. The summed E-state index contributed by atoms with van der Waals surface area (Å²) in [6.07, 6.45) is -3.58. The van der Waals surface area contributed by atoms with E-state index in [-0.39, 0.29) is 17.7 Å². The number of rotatable bonds is 4. The lowest BCUT2D eigenvalue weighted by Crippen LogP contribution is -2.24. The standard InChI is InChI=1S/C12H12F3NO2/c1-3-11(17)16-8(2)9-4-6-10(7-5-9)18-12(13,14)15/h3-8H,1H2,2H3,(H,16,17)/t8-/m0/s1. The van der Waals surface area contributed by atoms with Gasteiger partial charge in [0.2, 0.25) is 5.91 Å². The molecule has 0 saturated carbocycles. The molecule has 0 aliphatic heterocycles. The predicted octanol–water partition coefficient (Wildman–Crippen LogP) is 2.95. The Hall–Kier alpha value is -1.98. The molecule has 0 aliphatic carbocycles. The number of ether oxygens (including phenoxy) is 1. The molecule has 0 fully saturated rings. The summed E-state index contributed by atoms with van der Waals surface area (Å²) >= 11 is 0. The number of carbonyl (C=O) groups excluding carboxylic acids is 1. The third-order valence-corrected chi connectivity index (χ3v) is 2.16. The zero-order valence-corrected chi connectivity index (χ0v) is 9.62. The van der Waals surface area contributed by atoms with Gasteiger partial charge in [0.15, 0.2) is 0 Å². The fourth-order valence-corrected chi connectivity index (χ4v) is 1.31. The van der Waals surface area contributed by atoms with Gasteiger partial charge in [-0.25, -0.2) is 0 Å². The average molecular weight is 259 g/mol. The summed E-state index contributed by atoms with van der Waals surface area (Å²) in [6.45, 7) is 5.01. The number of hydrogen-bond acceptors (Lipinski definition) is 2. The molecular formula is C12H12F3NO2. The van der Waals surface area contributed by atoms with E-state index < -0.39 is 6.36 Å². The van der Waals surface area contributed by atoms with Gasteiger partial charge in [0.1, 0.15) is 5.75 Å². The van der Waals surface area contributed by atoms with Gasteiger partial charge >= 0.3 is 6.36 Å². The average Bonchev–Trinajstić information content (AvgIpc) is 2.27. The molecule has 0 unspecified atom stereocenters. The van der Waals surface area contributed by atoms with E-state index in [9.17, 15) is 18.0 Å². The highest BCUT2D eigenvalue weighted by Gasteiger charge is 2.30. The summed E-state index contributed by atoms with van der Waals surface area (Å²) in [4.78, 5) is 11.0. The van der Waals surface area contributed by atoms with Crippen molar-refractivity contribution in [3.8, 4) is 5.75 Å². The second-order valence-electron chi connectivity index (χ2n) is 3.55. The first-order chi connectivity index (χ1) is 8.31. The highest BCUT2D eigenvalue weighted by atomic mass is 19.4. The largest absolute Gasteiger partial charge is 0.573 e. The first-order valence-corrected chi connectivity index (χ1v) is 5.10. The third-order valence-electron chi connectivity index (χ3n) is 2.16. The summed E-state index contributed by atoms with van der Waals surface area (Å²) in [5, 5.41) is 2.59. The van der Waals surface area contributed by atoms with Gasteiger partial charge in [0, 0.05) is 0 Å². The van der Waals surface area contributed by atoms with E-state index in [2.05, 4.69) is 16.6 Å². The molecule has 0 bridgehead atoms. The van der Waals surface area contributed by atoms with E-state index in [1.165, 1.54) is 24.3 Å². The molecule has 0 heterocycles. The summed E-state index contributed by atoms with van der Waals surface area (Å²) in [5.41, 5.74) is 0.666. The molecule has 0 aromatic heterocycles. The van der Waals surface area contributed by atoms with Crippen LogP contribution in [0.2, 0.25) is 0 Å². The molecule has 98 valence electrons. The van der Waals surface area contributed by atoms with Crippen LogP contribution in [0.1, 0.15) is 18.5 Å². The minimum Gasteiger partial charge on any atom is -0.406 e. The molecule has 1 rings (SSSR count). The fourth-order valence-electron chi connectivity index (χ4n) is 1.31. The minimum atomic E-state index is -4.70. The molecule has 0 aliphatic rings. The van der Waals surface area contributed by atoms with Crippen LogP contribution in [0.5, 0.6) is 5.75 Å². The second kappa shape index (κ2) is 5.57. The van der Waals surface area contributed by atoms with Crippen LogP contribution in [0.15, 0.2) is 36.9 Å². The maximum Gasteiger partial charge on any atom is 0.573 e. The predicted molar refractivity (Wildman–Crippen MR) is 59.9 cm³/mol. The molecule has 0 radical (unpaired) electrons. The SMILES string of the molecule is C=CC(=O)N[C@@H](C)c1ccc(OC(F)(F)F)cc1. The van der Waals surface area contributed by atoms with E-state index >= 15 is 0 Å². The Kier molecular flexibility index (Phi) is 4.36. The lowest BCUT2D eigenvalue weighted by atomic mass is 10.1. The zero-order valence-electron chi connectivity index (χ0n) is 9.62. The van der Waals surface area contributed by atoms with Crippen LogP contribution in [-0.4, -0.2) is 12.3 Å². The van der Waals surface area contributed by atoms with Gasteiger partial charge in [-0.05, 0) is 30.7 Å². The number of alkyl halides is 3. The smallest absolute Gasteiger partial charge is 0.406 e. The van der Waals surface area contributed by atoms with Crippen molar-refractivity contribution in [1.29, 1.82) is 0 Å². The van der Waals surface area contributed by atoms with Gasteiger partial charge in [-0.2, -0.15) is 0 Å². The highest BCUT2D eigenvalue weighted by molar-refractivity contribution is 5.87. The van der Waals surface area contributed by atoms with Crippen LogP contribution in [-0.2, 0) is 4.79 Å². The Bertz CT molecular complexity index is 426. The van der Waals surface area contributed by atoms with E-state index in [4.69, 9.17) is 0 Å². The molecule has 18 heavy (non-hydrogen) atoms. The maximum absolute atomic E-state index is 11.9. The molecule has 1 aromatic rings. The van der Waals surface area contributed by atoms with Crippen molar-refractivity contribution in [2.75, 3.05) is 0 Å². The van der Waals surface area contributed by atoms with Gasteiger partial charge in [-0.1, -0.05) is 18.7 Å². The molecule has 1 aromatic carbocycles. The summed E-state index contributed by atoms with van der Waals surface area (Å²) in [6, 6.07) is 4.97. The van der Waals surface area contributed by atoms with Crippen LogP contribution >= 0.6 is 0 Å². The van der Waals surface area contributed by atoms with Crippen molar-refractivity contribution in [3.63, 3.8) is 0 Å². The van der Waals surface area contributed by atoms with Crippen LogP contribution < -0.4 is 10.1 Å². The summed E-state index contributed by atoms with van der Waals surface area (Å²) < 4.78 is 39.5. The topological polar surface area (TPSA) is 38.3 Å². The molecular weight excluding hydrogens is 247 g/mol. The van der Waals surface area contributed by atoms with Crippen LogP contribution in [0.25, 0.3) is 0 Å². The number of nitrogens with one attached hydrogen (secondary N) is 1. The van der Waals surface area contributed by atoms with Crippen molar-refractivity contribution in [2.24, 2.45) is 0 Å². The van der Waals surface area contributed by atoms with Crippen molar-refractivity contribution in [2.45, 2.75) is 19.3 Å². The quantitative estimate of drug-likeness (QED) is 0.844. The minimum absolute atomic E-state index is 0.298. The van der Waals surface area contributed by atoms with Crippen molar-refractivity contribution >= 4 is 5.91 Å². The normalized spacial score (nSPS) is 12.7. The van der Waals surface area contributed by atoms with Crippen molar-refractivity contribution in [1.82, 2.24) is 5.32 Å². The van der Waals surface area contributed by atoms with Crippen molar-refractivity contribution in [3.05, 3.63) is 42.5 Å². The van der Waals surface area contributed by atoms with Crippen molar-refractivity contribution < 1.29 is 22.7 Å². The third kappa shape index (κ3) is 4.48. The summed E-state index contributed by atoms with van der Waals surface area (Å²) in [5.74, 6) is -0.647. The summed E-state index contributed by atoms with van der Waals surface area (Å²) in [7, 11) is 0. The maximum atomic E-state index is 11.9. The molecule has 0 spiro atoms. The Morgan fingerprint density at radius 1 is 1.39 bits per heavy atom. The first kappa shape index (κ1) is 14.1. The monoisotopic (exact) mass is 259 g/mol.